The zero-order valence-corrected chi connectivity index (χ0v) is 28.3. The highest BCUT2D eigenvalue weighted by atomic mass is 15.0. The summed E-state index contributed by atoms with van der Waals surface area (Å²) in [5.41, 5.74) is 14.8. The first kappa shape index (κ1) is 30.0. The van der Waals surface area contributed by atoms with Gasteiger partial charge in [-0.3, -0.25) is 0 Å². The van der Waals surface area contributed by atoms with Gasteiger partial charge in [-0.25, -0.2) is 0 Å². The van der Waals surface area contributed by atoms with Gasteiger partial charge in [0.05, 0.1) is 11.2 Å². The van der Waals surface area contributed by atoms with Crippen molar-refractivity contribution in [3.05, 3.63) is 192 Å². The fourth-order valence-corrected chi connectivity index (χ4v) is 7.89. The summed E-state index contributed by atoms with van der Waals surface area (Å²) in [5.74, 6) is 0.601. The van der Waals surface area contributed by atoms with Gasteiger partial charge in [0.25, 0.3) is 0 Å². The summed E-state index contributed by atoms with van der Waals surface area (Å²) in [6.07, 6.45) is 4.75. The third kappa shape index (κ3) is 5.30. The van der Waals surface area contributed by atoms with Crippen LogP contribution in [0.15, 0.2) is 170 Å². The monoisotopic (exact) mass is 642 g/mol. The summed E-state index contributed by atoms with van der Waals surface area (Å²) in [6, 6.07) is 59.5. The van der Waals surface area contributed by atoms with E-state index in [1.54, 1.807) is 0 Å². The Morgan fingerprint density at radius 2 is 1.30 bits per heavy atom. The number of allylic oxidation sites excluding steroid dienone is 1. The number of hydrogen-bond donors (Lipinski definition) is 1. The molecule has 0 saturated heterocycles. The summed E-state index contributed by atoms with van der Waals surface area (Å²) in [5, 5.41) is 7.56. The second-order valence-corrected chi connectivity index (χ2v) is 13.6. The third-order valence-corrected chi connectivity index (χ3v) is 10.5. The fourth-order valence-electron chi connectivity index (χ4n) is 7.89. The van der Waals surface area contributed by atoms with Crippen molar-refractivity contribution in [3.8, 4) is 27.9 Å². The van der Waals surface area contributed by atoms with E-state index in [0.717, 1.165) is 11.4 Å². The molecule has 1 N–H and O–H groups in total. The molecule has 0 bridgehead atoms. The molecule has 2 atom stereocenters. The molecule has 0 radical (unpaired) electrons. The molecule has 8 aromatic rings. The molecule has 9 rings (SSSR count). The van der Waals surface area contributed by atoms with Gasteiger partial charge in [-0.05, 0) is 106 Å². The van der Waals surface area contributed by atoms with E-state index in [-0.39, 0.29) is 5.92 Å². The molecule has 1 aliphatic carbocycles. The molecule has 1 aromatic heterocycles. The Kier molecular flexibility index (Phi) is 7.43. The molecular formula is C48H38N2. The SMILES string of the molecule is Cc1ccc(Nc2ccc(C3C=Cc4c(c5ccccc5n4-c4ccc(-c5ccc6ccccc6c5)cc4)C3C)cc2)c(-c2ccccc2)c1. The number of nitrogens with zero attached hydrogens (tertiary/aromatic N) is 1. The van der Waals surface area contributed by atoms with E-state index in [9.17, 15) is 0 Å². The largest absolute Gasteiger partial charge is 0.355 e. The summed E-state index contributed by atoms with van der Waals surface area (Å²) in [7, 11) is 0. The lowest BCUT2D eigenvalue weighted by Gasteiger charge is -2.27. The first-order valence-corrected chi connectivity index (χ1v) is 17.5. The molecular weight excluding hydrogens is 605 g/mol. The summed E-state index contributed by atoms with van der Waals surface area (Å²) >= 11 is 0. The molecule has 2 unspecified atom stereocenters. The fraction of sp³-hybridized carbons (Fsp3) is 0.0833. The van der Waals surface area contributed by atoms with Crippen molar-refractivity contribution < 1.29 is 0 Å². The van der Waals surface area contributed by atoms with Crippen LogP contribution in [0.1, 0.15) is 41.1 Å². The number of hydrogen-bond acceptors (Lipinski definition) is 1. The number of para-hydroxylation sites is 1. The van der Waals surface area contributed by atoms with Gasteiger partial charge in [-0.2, -0.15) is 0 Å². The Morgan fingerprint density at radius 1 is 0.580 bits per heavy atom. The van der Waals surface area contributed by atoms with E-state index in [1.807, 2.05) is 0 Å². The first-order valence-electron chi connectivity index (χ1n) is 17.5. The topological polar surface area (TPSA) is 17.0 Å². The second-order valence-electron chi connectivity index (χ2n) is 13.6. The summed E-state index contributed by atoms with van der Waals surface area (Å²) < 4.78 is 2.44. The highest BCUT2D eigenvalue weighted by molar-refractivity contribution is 5.92. The highest BCUT2D eigenvalue weighted by Gasteiger charge is 2.29. The van der Waals surface area contributed by atoms with E-state index in [1.165, 1.54) is 72.0 Å². The molecule has 2 heteroatoms. The van der Waals surface area contributed by atoms with E-state index >= 15 is 0 Å². The highest BCUT2D eigenvalue weighted by Crippen LogP contribution is 2.46. The van der Waals surface area contributed by atoms with Crippen molar-refractivity contribution in [3.63, 3.8) is 0 Å². The Morgan fingerprint density at radius 3 is 2.12 bits per heavy atom. The van der Waals surface area contributed by atoms with E-state index in [4.69, 9.17) is 0 Å². The van der Waals surface area contributed by atoms with Gasteiger partial charge in [-0.1, -0.05) is 134 Å². The second kappa shape index (κ2) is 12.4. The normalized spacial score (nSPS) is 15.3. The van der Waals surface area contributed by atoms with Gasteiger partial charge in [0.1, 0.15) is 0 Å². The van der Waals surface area contributed by atoms with Crippen LogP contribution in [-0.4, -0.2) is 4.57 Å². The number of benzene rings is 7. The summed E-state index contributed by atoms with van der Waals surface area (Å²) in [4.78, 5) is 0. The first-order chi connectivity index (χ1) is 24.6. The van der Waals surface area contributed by atoms with Crippen LogP contribution in [-0.2, 0) is 0 Å². The van der Waals surface area contributed by atoms with Gasteiger partial charge in [-0.15, -0.1) is 0 Å². The quantitative estimate of drug-likeness (QED) is 0.191. The lowest BCUT2D eigenvalue weighted by molar-refractivity contribution is 0.671. The summed E-state index contributed by atoms with van der Waals surface area (Å²) in [6.45, 7) is 4.53. The van der Waals surface area contributed by atoms with Crippen LogP contribution in [0, 0.1) is 6.92 Å². The van der Waals surface area contributed by atoms with Gasteiger partial charge >= 0.3 is 0 Å². The molecule has 1 aliphatic rings. The van der Waals surface area contributed by atoms with E-state index < -0.39 is 0 Å². The predicted octanol–water partition coefficient (Wildman–Crippen LogP) is 13.1. The molecule has 50 heavy (non-hydrogen) atoms. The Balaban J connectivity index is 1.02. The Bertz CT molecular complexity index is 2520. The van der Waals surface area contributed by atoms with Crippen molar-refractivity contribution >= 4 is 39.1 Å². The number of anilines is 2. The van der Waals surface area contributed by atoms with Crippen LogP contribution in [0.5, 0.6) is 0 Å². The maximum absolute atomic E-state index is 3.70. The van der Waals surface area contributed by atoms with Crippen LogP contribution < -0.4 is 5.32 Å². The van der Waals surface area contributed by atoms with Crippen LogP contribution in [0.4, 0.5) is 11.4 Å². The molecule has 0 aliphatic heterocycles. The Labute approximate surface area is 294 Å². The van der Waals surface area contributed by atoms with E-state index in [0.29, 0.717) is 5.92 Å². The predicted molar refractivity (Wildman–Crippen MR) is 213 cm³/mol. The molecule has 7 aromatic carbocycles. The molecule has 240 valence electrons. The molecule has 0 saturated carbocycles. The lowest BCUT2D eigenvalue weighted by Crippen LogP contribution is -2.12. The number of aryl methyl sites for hydroxylation is 1. The number of nitrogens with one attached hydrogen (secondary N) is 1. The van der Waals surface area contributed by atoms with Crippen LogP contribution >= 0.6 is 0 Å². The molecule has 0 amide bonds. The smallest absolute Gasteiger partial charge is 0.0537 e. The van der Waals surface area contributed by atoms with Crippen molar-refractivity contribution in [2.75, 3.05) is 5.32 Å². The Hall–Kier alpha value is -6.12. The van der Waals surface area contributed by atoms with Crippen molar-refractivity contribution in [1.82, 2.24) is 4.57 Å². The van der Waals surface area contributed by atoms with Crippen LogP contribution in [0.3, 0.4) is 0 Å². The average molecular weight is 643 g/mol. The van der Waals surface area contributed by atoms with Crippen molar-refractivity contribution in [1.29, 1.82) is 0 Å². The minimum absolute atomic E-state index is 0.283. The molecule has 0 spiro atoms. The zero-order valence-electron chi connectivity index (χ0n) is 28.3. The van der Waals surface area contributed by atoms with Crippen molar-refractivity contribution in [2.24, 2.45) is 0 Å². The standard InChI is InChI=1S/C48H38N2/c1-32-16-28-45(44(30-32)36-11-4-3-5-12-36)49-40-23-19-37(20-24-40)42-27-29-47-48(33(42)2)43-14-8-9-15-46(43)50(47)41-25-21-35(22-26-41)39-18-17-34-10-6-7-13-38(34)31-39/h3-31,33,42,49H,1-2H3. The minimum atomic E-state index is 0.283. The zero-order chi connectivity index (χ0) is 33.6. The maximum Gasteiger partial charge on any atom is 0.0537 e. The number of fused-ring (bicyclic) bond motifs is 4. The number of aromatic nitrogens is 1. The minimum Gasteiger partial charge on any atom is -0.355 e. The van der Waals surface area contributed by atoms with E-state index in [2.05, 4.69) is 200 Å². The third-order valence-electron chi connectivity index (χ3n) is 10.5. The molecule has 2 nitrogen and oxygen atoms in total. The number of rotatable bonds is 6. The van der Waals surface area contributed by atoms with Gasteiger partial charge in [0.2, 0.25) is 0 Å². The van der Waals surface area contributed by atoms with Crippen LogP contribution in [0.2, 0.25) is 0 Å². The van der Waals surface area contributed by atoms with Gasteiger partial charge < -0.3 is 9.88 Å². The molecule has 1 heterocycles. The van der Waals surface area contributed by atoms with Gasteiger partial charge in [0, 0.05) is 33.9 Å². The van der Waals surface area contributed by atoms with Crippen LogP contribution in [0.25, 0.3) is 55.7 Å². The van der Waals surface area contributed by atoms with Crippen molar-refractivity contribution in [2.45, 2.75) is 25.7 Å². The molecule has 0 fully saturated rings. The maximum atomic E-state index is 3.70. The lowest BCUT2D eigenvalue weighted by atomic mass is 9.78. The average Bonchev–Trinajstić information content (AvgIpc) is 3.51. The van der Waals surface area contributed by atoms with Gasteiger partial charge in [0.15, 0.2) is 0 Å².